The molecule has 2 heterocycles. The van der Waals surface area contributed by atoms with Gasteiger partial charge in [0.1, 0.15) is 5.25 Å². The number of esters is 1. The first-order chi connectivity index (χ1) is 13.6. The van der Waals surface area contributed by atoms with E-state index in [1.54, 1.807) is 31.5 Å². The SMILES string of the molecule is COC(=O)C(C)Sc1ccccc1C(=O)NC1CCCN(c2ncccn2)C1. The molecule has 1 aliphatic rings. The molecule has 0 saturated carbocycles. The minimum Gasteiger partial charge on any atom is -0.468 e. The zero-order valence-corrected chi connectivity index (χ0v) is 16.8. The van der Waals surface area contributed by atoms with Crippen LogP contribution >= 0.6 is 11.8 Å². The van der Waals surface area contributed by atoms with E-state index in [0.29, 0.717) is 18.1 Å². The van der Waals surface area contributed by atoms with E-state index in [1.165, 1.54) is 18.9 Å². The topological polar surface area (TPSA) is 84.4 Å². The number of benzene rings is 1. The second-order valence-corrected chi connectivity index (χ2v) is 7.97. The van der Waals surface area contributed by atoms with Crippen LogP contribution in [0.1, 0.15) is 30.1 Å². The molecule has 1 aromatic carbocycles. The lowest BCUT2D eigenvalue weighted by Gasteiger charge is -2.33. The van der Waals surface area contributed by atoms with Crippen LogP contribution in [0.25, 0.3) is 0 Å². The largest absolute Gasteiger partial charge is 0.468 e. The van der Waals surface area contributed by atoms with Crippen molar-refractivity contribution in [3.63, 3.8) is 0 Å². The van der Waals surface area contributed by atoms with Crippen molar-refractivity contribution in [3.8, 4) is 0 Å². The Morgan fingerprint density at radius 3 is 2.75 bits per heavy atom. The fourth-order valence-electron chi connectivity index (χ4n) is 3.16. The van der Waals surface area contributed by atoms with Crippen molar-refractivity contribution in [2.75, 3.05) is 25.1 Å². The molecule has 2 aromatic rings. The van der Waals surface area contributed by atoms with Gasteiger partial charge in [0, 0.05) is 36.4 Å². The fraction of sp³-hybridized carbons (Fsp3) is 0.400. The number of hydrogen-bond acceptors (Lipinski definition) is 7. The first-order valence-electron chi connectivity index (χ1n) is 9.25. The van der Waals surface area contributed by atoms with Crippen molar-refractivity contribution in [1.82, 2.24) is 15.3 Å². The summed E-state index contributed by atoms with van der Waals surface area (Å²) in [6.07, 6.45) is 5.31. The molecule has 0 bridgehead atoms. The van der Waals surface area contributed by atoms with Gasteiger partial charge in [-0.2, -0.15) is 0 Å². The lowest BCUT2D eigenvalue weighted by atomic mass is 10.1. The molecule has 7 nitrogen and oxygen atoms in total. The molecule has 8 heteroatoms. The molecule has 3 rings (SSSR count). The lowest BCUT2D eigenvalue weighted by Crippen LogP contribution is -2.48. The fourth-order valence-corrected chi connectivity index (χ4v) is 4.17. The first-order valence-corrected chi connectivity index (χ1v) is 10.1. The van der Waals surface area contributed by atoms with Crippen molar-refractivity contribution in [3.05, 3.63) is 48.3 Å². The molecule has 1 aliphatic heterocycles. The molecular formula is C20H24N4O3S. The second-order valence-electron chi connectivity index (χ2n) is 6.59. The Hall–Kier alpha value is -2.61. The molecule has 0 aliphatic carbocycles. The van der Waals surface area contributed by atoms with Crippen LogP contribution < -0.4 is 10.2 Å². The number of methoxy groups -OCH3 is 1. The number of rotatable bonds is 6. The minimum absolute atomic E-state index is 0.0149. The lowest BCUT2D eigenvalue weighted by molar-refractivity contribution is -0.139. The molecule has 2 atom stereocenters. The Kier molecular flexibility index (Phi) is 6.86. The van der Waals surface area contributed by atoms with Gasteiger partial charge in [-0.1, -0.05) is 12.1 Å². The molecule has 1 saturated heterocycles. The third kappa shape index (κ3) is 5.01. The summed E-state index contributed by atoms with van der Waals surface area (Å²) < 4.78 is 4.78. The first kappa shape index (κ1) is 20.1. The average Bonchev–Trinajstić information content (AvgIpc) is 2.74. The molecule has 148 valence electrons. The van der Waals surface area contributed by atoms with Gasteiger partial charge in [-0.3, -0.25) is 9.59 Å². The van der Waals surface area contributed by atoms with Gasteiger partial charge in [0.2, 0.25) is 5.95 Å². The van der Waals surface area contributed by atoms with E-state index in [0.717, 1.165) is 24.3 Å². The summed E-state index contributed by atoms with van der Waals surface area (Å²) in [5, 5.41) is 2.74. The number of thioether (sulfide) groups is 1. The number of nitrogens with zero attached hydrogens (tertiary/aromatic N) is 3. The van der Waals surface area contributed by atoms with E-state index in [1.807, 2.05) is 18.2 Å². The van der Waals surface area contributed by atoms with E-state index >= 15 is 0 Å². The Balaban J connectivity index is 1.67. The highest BCUT2D eigenvalue weighted by molar-refractivity contribution is 8.00. The number of carbonyl (C=O) groups excluding carboxylic acids is 2. The van der Waals surface area contributed by atoms with Crippen LogP contribution in [0.3, 0.4) is 0 Å². The highest BCUT2D eigenvalue weighted by Gasteiger charge is 2.25. The monoisotopic (exact) mass is 400 g/mol. The van der Waals surface area contributed by atoms with Crippen LogP contribution in [0.15, 0.2) is 47.6 Å². The normalized spacial score (nSPS) is 17.6. The summed E-state index contributed by atoms with van der Waals surface area (Å²) in [6, 6.07) is 9.12. The number of anilines is 1. The van der Waals surface area contributed by atoms with Crippen LogP contribution in [0.5, 0.6) is 0 Å². The maximum atomic E-state index is 12.9. The van der Waals surface area contributed by atoms with Crippen LogP contribution in [0, 0.1) is 0 Å². The zero-order chi connectivity index (χ0) is 19.9. The van der Waals surface area contributed by atoms with E-state index in [2.05, 4.69) is 20.2 Å². The van der Waals surface area contributed by atoms with Gasteiger partial charge in [-0.15, -0.1) is 11.8 Å². The second kappa shape index (κ2) is 9.54. The highest BCUT2D eigenvalue weighted by Crippen LogP contribution is 2.28. The quantitative estimate of drug-likeness (QED) is 0.589. The number of ether oxygens (including phenoxy) is 1. The van der Waals surface area contributed by atoms with Crippen molar-refractivity contribution in [2.45, 2.75) is 36.0 Å². The van der Waals surface area contributed by atoms with Gasteiger partial charge in [0.15, 0.2) is 0 Å². The minimum atomic E-state index is -0.389. The van der Waals surface area contributed by atoms with Gasteiger partial charge in [-0.25, -0.2) is 9.97 Å². The summed E-state index contributed by atoms with van der Waals surface area (Å²) in [5.74, 6) is 0.233. The third-order valence-corrected chi connectivity index (χ3v) is 5.72. The molecule has 1 aromatic heterocycles. The number of aromatic nitrogens is 2. The molecular weight excluding hydrogens is 376 g/mol. The maximum Gasteiger partial charge on any atom is 0.318 e. The Morgan fingerprint density at radius 2 is 2.00 bits per heavy atom. The summed E-state index contributed by atoms with van der Waals surface area (Å²) in [6.45, 7) is 3.31. The van der Waals surface area contributed by atoms with Crippen LogP contribution in [-0.2, 0) is 9.53 Å². The highest BCUT2D eigenvalue weighted by atomic mass is 32.2. The number of hydrogen-bond donors (Lipinski definition) is 1. The van der Waals surface area contributed by atoms with Crippen molar-refractivity contribution in [2.24, 2.45) is 0 Å². The van der Waals surface area contributed by atoms with Crippen molar-refractivity contribution < 1.29 is 14.3 Å². The van der Waals surface area contributed by atoms with E-state index in [9.17, 15) is 9.59 Å². The predicted molar refractivity (Wildman–Crippen MR) is 109 cm³/mol. The van der Waals surface area contributed by atoms with Crippen molar-refractivity contribution >= 4 is 29.6 Å². The van der Waals surface area contributed by atoms with Gasteiger partial charge in [0.05, 0.1) is 12.7 Å². The number of nitrogens with one attached hydrogen (secondary N) is 1. The molecule has 1 fully saturated rings. The van der Waals surface area contributed by atoms with Gasteiger partial charge in [0.25, 0.3) is 5.91 Å². The summed E-state index contributed by atoms with van der Waals surface area (Å²) in [4.78, 5) is 36.1. The van der Waals surface area contributed by atoms with E-state index in [4.69, 9.17) is 4.74 Å². The summed E-state index contributed by atoms with van der Waals surface area (Å²) in [5.41, 5.74) is 0.566. The number of amides is 1. The van der Waals surface area contributed by atoms with Gasteiger partial charge >= 0.3 is 5.97 Å². The molecule has 28 heavy (non-hydrogen) atoms. The maximum absolute atomic E-state index is 12.9. The third-order valence-electron chi connectivity index (χ3n) is 4.56. The summed E-state index contributed by atoms with van der Waals surface area (Å²) in [7, 11) is 1.36. The molecule has 1 N–H and O–H groups in total. The van der Waals surface area contributed by atoms with E-state index in [-0.39, 0.29) is 23.2 Å². The van der Waals surface area contributed by atoms with Crippen LogP contribution in [0.4, 0.5) is 5.95 Å². The molecule has 0 radical (unpaired) electrons. The number of carbonyl (C=O) groups is 2. The summed E-state index contributed by atoms with van der Waals surface area (Å²) >= 11 is 1.32. The molecule has 0 spiro atoms. The standard InChI is InChI=1S/C20H24N4O3S/c1-14(19(26)27-2)28-17-9-4-3-8-16(17)18(25)23-15-7-5-12-24(13-15)20-21-10-6-11-22-20/h3-4,6,8-11,14-15H,5,7,12-13H2,1-2H3,(H,23,25). The predicted octanol–water partition coefficient (Wildman–Crippen LogP) is 2.53. The van der Waals surface area contributed by atoms with E-state index < -0.39 is 0 Å². The smallest absolute Gasteiger partial charge is 0.318 e. The van der Waals surface area contributed by atoms with Crippen molar-refractivity contribution in [1.29, 1.82) is 0 Å². The van der Waals surface area contributed by atoms with Gasteiger partial charge < -0.3 is 15.0 Å². The Bertz CT molecular complexity index is 818. The Morgan fingerprint density at radius 1 is 1.25 bits per heavy atom. The molecule has 1 amide bonds. The van der Waals surface area contributed by atoms with Crippen LogP contribution in [-0.4, -0.2) is 53.3 Å². The zero-order valence-electron chi connectivity index (χ0n) is 16.0. The molecule has 2 unspecified atom stereocenters. The van der Waals surface area contributed by atoms with Crippen LogP contribution in [0.2, 0.25) is 0 Å². The Labute approximate surface area is 168 Å². The average molecular weight is 401 g/mol. The van der Waals surface area contributed by atoms with Gasteiger partial charge in [-0.05, 0) is 38.0 Å². The number of piperidine rings is 1.